The molecular formula is C13H10ClN3OS. The van der Waals surface area contributed by atoms with E-state index in [0.717, 1.165) is 15.8 Å². The number of para-hydroxylation sites is 1. The van der Waals surface area contributed by atoms with Gasteiger partial charge in [-0.1, -0.05) is 18.2 Å². The number of phenols is 1. The zero-order valence-corrected chi connectivity index (χ0v) is 11.4. The maximum Gasteiger partial charge on any atom is 0.225 e. The summed E-state index contributed by atoms with van der Waals surface area (Å²) in [6, 6.07) is 9.13. The molecule has 96 valence electrons. The fraction of sp³-hybridized carbons (Fsp3) is 0.0769. The van der Waals surface area contributed by atoms with Gasteiger partial charge in [-0.15, -0.1) is 11.3 Å². The van der Waals surface area contributed by atoms with Crippen molar-refractivity contribution in [1.82, 2.24) is 9.97 Å². The van der Waals surface area contributed by atoms with Gasteiger partial charge in [-0.2, -0.15) is 0 Å². The van der Waals surface area contributed by atoms with Crippen molar-refractivity contribution in [2.75, 3.05) is 5.32 Å². The Kier molecular flexibility index (Phi) is 3.23. The lowest BCUT2D eigenvalue weighted by Crippen LogP contribution is -2.02. The van der Waals surface area contributed by atoms with E-state index in [-0.39, 0.29) is 11.0 Å². The molecule has 0 atom stereocenters. The van der Waals surface area contributed by atoms with E-state index < -0.39 is 0 Å². The number of hydrogen-bond donors (Lipinski definition) is 2. The first-order valence-corrected chi connectivity index (χ1v) is 6.91. The molecule has 0 saturated heterocycles. The average Bonchev–Trinajstić information content (AvgIpc) is 2.85. The number of anilines is 1. The van der Waals surface area contributed by atoms with Gasteiger partial charge in [0.25, 0.3) is 0 Å². The zero-order chi connectivity index (χ0) is 13.2. The van der Waals surface area contributed by atoms with Gasteiger partial charge in [0, 0.05) is 12.1 Å². The van der Waals surface area contributed by atoms with E-state index >= 15 is 0 Å². The summed E-state index contributed by atoms with van der Waals surface area (Å²) in [6.45, 7) is 0.477. The highest BCUT2D eigenvalue weighted by molar-refractivity contribution is 7.16. The van der Waals surface area contributed by atoms with Crippen molar-refractivity contribution in [3.05, 3.63) is 46.6 Å². The van der Waals surface area contributed by atoms with Crippen LogP contribution in [0.2, 0.25) is 5.28 Å². The summed E-state index contributed by atoms with van der Waals surface area (Å²) < 4.78 is 0. The van der Waals surface area contributed by atoms with Crippen LogP contribution in [-0.4, -0.2) is 15.1 Å². The van der Waals surface area contributed by atoms with Gasteiger partial charge in [-0.05, 0) is 29.1 Å². The van der Waals surface area contributed by atoms with Gasteiger partial charge < -0.3 is 10.4 Å². The Balaban J connectivity index is 1.90. The van der Waals surface area contributed by atoms with Gasteiger partial charge in [0.15, 0.2) is 0 Å². The molecule has 0 aliphatic heterocycles. The largest absolute Gasteiger partial charge is 0.508 e. The maximum atomic E-state index is 9.72. The van der Waals surface area contributed by atoms with E-state index in [9.17, 15) is 5.11 Å². The van der Waals surface area contributed by atoms with E-state index in [4.69, 9.17) is 11.6 Å². The average molecular weight is 292 g/mol. The van der Waals surface area contributed by atoms with Gasteiger partial charge >= 0.3 is 0 Å². The van der Waals surface area contributed by atoms with Gasteiger partial charge in [0.1, 0.15) is 16.4 Å². The Labute approximate surface area is 118 Å². The maximum absolute atomic E-state index is 9.72. The van der Waals surface area contributed by atoms with E-state index in [1.807, 2.05) is 23.6 Å². The van der Waals surface area contributed by atoms with Crippen LogP contribution in [0.25, 0.3) is 10.2 Å². The molecule has 2 N–H and O–H groups in total. The third-order valence-electron chi connectivity index (χ3n) is 2.74. The van der Waals surface area contributed by atoms with E-state index in [1.165, 1.54) is 11.3 Å². The molecule has 19 heavy (non-hydrogen) atoms. The summed E-state index contributed by atoms with van der Waals surface area (Å²) in [7, 11) is 0. The van der Waals surface area contributed by atoms with Crippen LogP contribution in [0.15, 0.2) is 35.7 Å². The molecule has 3 aromatic rings. The van der Waals surface area contributed by atoms with Crippen LogP contribution in [0.3, 0.4) is 0 Å². The molecule has 0 spiro atoms. The molecule has 0 unspecified atom stereocenters. The number of aromatic nitrogens is 2. The molecule has 0 saturated carbocycles. The SMILES string of the molecule is Oc1ccccc1CNc1nc(Cl)nc2sccc12. The Morgan fingerprint density at radius 1 is 1.21 bits per heavy atom. The third-order valence-corrected chi connectivity index (χ3v) is 3.71. The van der Waals surface area contributed by atoms with Crippen LogP contribution in [-0.2, 0) is 6.54 Å². The smallest absolute Gasteiger partial charge is 0.225 e. The molecule has 0 amide bonds. The highest BCUT2D eigenvalue weighted by Gasteiger charge is 2.08. The number of benzene rings is 1. The van der Waals surface area contributed by atoms with Gasteiger partial charge in [-0.25, -0.2) is 9.97 Å². The number of aromatic hydroxyl groups is 1. The molecule has 2 heterocycles. The quantitative estimate of drug-likeness (QED) is 0.723. The predicted molar refractivity (Wildman–Crippen MR) is 77.9 cm³/mol. The number of nitrogens with one attached hydrogen (secondary N) is 1. The summed E-state index contributed by atoms with van der Waals surface area (Å²) in [5.74, 6) is 0.941. The van der Waals surface area contributed by atoms with Crippen molar-refractivity contribution in [2.45, 2.75) is 6.54 Å². The standard InChI is InChI=1S/C13H10ClN3OS/c14-13-16-11(9-5-6-19-12(9)17-13)15-7-8-3-1-2-4-10(8)18/h1-6,18H,7H2,(H,15,16,17). The summed E-state index contributed by atoms with van der Waals surface area (Å²) in [6.07, 6.45) is 0. The first-order chi connectivity index (χ1) is 9.24. The van der Waals surface area contributed by atoms with Gasteiger partial charge in [-0.3, -0.25) is 0 Å². The zero-order valence-electron chi connectivity index (χ0n) is 9.80. The second kappa shape index (κ2) is 5.03. The van der Waals surface area contributed by atoms with Crippen molar-refractivity contribution in [2.24, 2.45) is 0 Å². The fourth-order valence-electron chi connectivity index (χ4n) is 1.80. The molecule has 0 aliphatic carbocycles. The van der Waals surface area contributed by atoms with Crippen molar-refractivity contribution in [3.63, 3.8) is 0 Å². The molecule has 0 aliphatic rings. The van der Waals surface area contributed by atoms with Gasteiger partial charge in [0.2, 0.25) is 5.28 Å². The number of halogens is 1. The Morgan fingerprint density at radius 3 is 2.89 bits per heavy atom. The molecule has 3 rings (SSSR count). The number of hydrogen-bond acceptors (Lipinski definition) is 5. The summed E-state index contributed by atoms with van der Waals surface area (Å²) >= 11 is 7.40. The predicted octanol–water partition coefficient (Wildman–Crippen LogP) is 3.66. The number of phenolic OH excluding ortho intramolecular Hbond substituents is 1. The second-order valence-corrected chi connectivity index (χ2v) is 5.20. The molecular weight excluding hydrogens is 282 g/mol. The second-order valence-electron chi connectivity index (χ2n) is 3.96. The van der Waals surface area contributed by atoms with Crippen LogP contribution < -0.4 is 5.32 Å². The Hall–Kier alpha value is -1.85. The first-order valence-electron chi connectivity index (χ1n) is 5.65. The third kappa shape index (κ3) is 2.47. The number of fused-ring (bicyclic) bond motifs is 1. The van der Waals surface area contributed by atoms with Crippen LogP contribution in [0.1, 0.15) is 5.56 Å². The molecule has 0 fully saturated rings. The lowest BCUT2D eigenvalue weighted by atomic mass is 10.2. The van der Waals surface area contributed by atoms with E-state index in [0.29, 0.717) is 12.4 Å². The summed E-state index contributed by atoms with van der Waals surface area (Å²) in [5, 5.41) is 16.0. The van der Waals surface area contributed by atoms with E-state index in [1.54, 1.807) is 12.1 Å². The monoisotopic (exact) mass is 291 g/mol. The lowest BCUT2D eigenvalue weighted by molar-refractivity contribution is 0.469. The normalized spacial score (nSPS) is 10.8. The summed E-state index contributed by atoms with van der Waals surface area (Å²) in [5.41, 5.74) is 0.806. The molecule has 6 heteroatoms. The number of thiophene rings is 1. The highest BCUT2D eigenvalue weighted by atomic mass is 35.5. The first kappa shape index (κ1) is 12.2. The van der Waals surface area contributed by atoms with Crippen molar-refractivity contribution in [1.29, 1.82) is 0 Å². The number of rotatable bonds is 3. The molecule has 2 aromatic heterocycles. The summed E-state index contributed by atoms with van der Waals surface area (Å²) in [4.78, 5) is 9.19. The van der Waals surface area contributed by atoms with Crippen LogP contribution in [0.5, 0.6) is 5.75 Å². The highest BCUT2D eigenvalue weighted by Crippen LogP contribution is 2.27. The van der Waals surface area contributed by atoms with Crippen LogP contribution >= 0.6 is 22.9 Å². The molecule has 1 aromatic carbocycles. The topological polar surface area (TPSA) is 58.0 Å². The number of nitrogens with zero attached hydrogens (tertiary/aromatic N) is 2. The molecule has 0 radical (unpaired) electrons. The minimum absolute atomic E-state index is 0.217. The fourth-order valence-corrected chi connectivity index (χ4v) is 2.79. The Morgan fingerprint density at radius 2 is 2.05 bits per heavy atom. The molecule has 0 bridgehead atoms. The van der Waals surface area contributed by atoms with Crippen LogP contribution in [0.4, 0.5) is 5.82 Å². The minimum Gasteiger partial charge on any atom is -0.508 e. The van der Waals surface area contributed by atoms with E-state index in [2.05, 4.69) is 15.3 Å². The minimum atomic E-state index is 0.217. The van der Waals surface area contributed by atoms with Gasteiger partial charge in [0.05, 0.1) is 5.39 Å². The van der Waals surface area contributed by atoms with Crippen LogP contribution in [0, 0.1) is 0 Å². The Bertz CT molecular complexity index is 729. The lowest BCUT2D eigenvalue weighted by Gasteiger charge is -2.08. The van der Waals surface area contributed by atoms with Crippen molar-refractivity contribution in [3.8, 4) is 5.75 Å². The molecule has 4 nitrogen and oxygen atoms in total. The van der Waals surface area contributed by atoms with Crippen molar-refractivity contribution < 1.29 is 5.11 Å². The van der Waals surface area contributed by atoms with Crippen molar-refractivity contribution >= 4 is 39.0 Å².